The summed E-state index contributed by atoms with van der Waals surface area (Å²) in [6.07, 6.45) is 0. The first-order valence-corrected chi connectivity index (χ1v) is 8.22. The van der Waals surface area contributed by atoms with E-state index in [0.717, 1.165) is 0 Å². The molecule has 25 heavy (non-hydrogen) atoms. The van der Waals surface area contributed by atoms with Gasteiger partial charge in [-0.2, -0.15) is 0 Å². The van der Waals surface area contributed by atoms with Gasteiger partial charge in [-0.25, -0.2) is 10.5 Å². The van der Waals surface area contributed by atoms with E-state index in [0.29, 0.717) is 21.4 Å². The highest BCUT2D eigenvalue weighted by Gasteiger charge is 2.43. The van der Waals surface area contributed by atoms with Crippen LogP contribution < -0.4 is 15.5 Å². The van der Waals surface area contributed by atoms with E-state index >= 15 is 0 Å². The number of anilines is 2. The third kappa shape index (κ3) is 3.56. The summed E-state index contributed by atoms with van der Waals surface area (Å²) in [6, 6.07) is 13.9. The molecule has 1 unspecified atom stereocenters. The fraction of sp³-hybridized carbons (Fsp3) is 0.176. The average Bonchev–Trinajstić information content (AvgIpc) is 2.92. The van der Waals surface area contributed by atoms with E-state index in [1.54, 1.807) is 47.5 Å². The number of carbonyl (C=O) groups is 2. The Kier molecular flexibility index (Phi) is 5.13. The first-order valence-electron chi connectivity index (χ1n) is 7.46. The summed E-state index contributed by atoms with van der Waals surface area (Å²) >= 11 is 12.1. The number of nitrogens with one attached hydrogen (secondary N) is 1. The zero-order valence-corrected chi connectivity index (χ0v) is 14.8. The number of benzene rings is 2. The highest BCUT2D eigenvalue weighted by Crippen LogP contribution is 2.33. The summed E-state index contributed by atoms with van der Waals surface area (Å²) in [5.41, 5.74) is 3.47. The third-order valence-electron chi connectivity index (χ3n) is 3.78. The van der Waals surface area contributed by atoms with E-state index in [9.17, 15) is 9.59 Å². The monoisotopic (exact) mass is 379 g/mol. The zero-order valence-electron chi connectivity index (χ0n) is 13.3. The van der Waals surface area contributed by atoms with Crippen molar-refractivity contribution in [2.24, 2.45) is 5.92 Å². The number of halogens is 2. The topological polar surface area (TPSA) is 61.9 Å². The molecule has 2 aromatic rings. The summed E-state index contributed by atoms with van der Waals surface area (Å²) in [5, 5.41) is 4.14. The lowest BCUT2D eigenvalue weighted by atomic mass is 10.1. The Balaban J connectivity index is 2.03. The van der Waals surface area contributed by atoms with Crippen molar-refractivity contribution in [3.8, 4) is 0 Å². The molecule has 0 aliphatic carbocycles. The van der Waals surface area contributed by atoms with Crippen molar-refractivity contribution in [3.63, 3.8) is 0 Å². The molecule has 8 heteroatoms. The minimum absolute atomic E-state index is 0.154. The van der Waals surface area contributed by atoms with Crippen LogP contribution in [0.25, 0.3) is 0 Å². The molecule has 0 bridgehead atoms. The number of hydrogen-bond donors (Lipinski definition) is 1. The van der Waals surface area contributed by atoms with Crippen LogP contribution in [0.3, 0.4) is 0 Å². The average molecular weight is 380 g/mol. The van der Waals surface area contributed by atoms with Crippen LogP contribution in [0.4, 0.5) is 11.4 Å². The Labute approximate surface area is 154 Å². The second-order valence-electron chi connectivity index (χ2n) is 5.41. The third-order valence-corrected chi connectivity index (χ3v) is 4.25. The van der Waals surface area contributed by atoms with E-state index in [4.69, 9.17) is 23.2 Å². The Hall–Kier alpha value is -2.28. The number of rotatable bonds is 4. The SMILES string of the molecule is CONC(=O)C1CN(c2cccc(Cl)c2)N(c2cccc(Cl)c2)C1=O. The van der Waals surface area contributed by atoms with Gasteiger partial charge >= 0.3 is 0 Å². The summed E-state index contributed by atoms with van der Waals surface area (Å²) in [4.78, 5) is 29.7. The molecule has 0 saturated carbocycles. The van der Waals surface area contributed by atoms with Crippen molar-refractivity contribution < 1.29 is 14.4 Å². The first kappa shape index (κ1) is 17.5. The molecule has 0 aromatic heterocycles. The van der Waals surface area contributed by atoms with Gasteiger partial charge in [0, 0.05) is 10.0 Å². The Morgan fingerprint density at radius 2 is 1.72 bits per heavy atom. The van der Waals surface area contributed by atoms with Crippen LogP contribution in [0.5, 0.6) is 0 Å². The van der Waals surface area contributed by atoms with Crippen molar-refractivity contribution in [3.05, 3.63) is 58.6 Å². The van der Waals surface area contributed by atoms with Crippen LogP contribution in [0.1, 0.15) is 0 Å². The number of hydrogen-bond acceptors (Lipinski definition) is 4. The van der Waals surface area contributed by atoms with E-state index in [-0.39, 0.29) is 12.5 Å². The van der Waals surface area contributed by atoms with Gasteiger partial charge in [-0.15, -0.1) is 0 Å². The molecule has 1 fully saturated rings. The molecule has 130 valence electrons. The zero-order chi connectivity index (χ0) is 18.0. The maximum absolute atomic E-state index is 12.9. The lowest BCUT2D eigenvalue weighted by Gasteiger charge is -2.29. The first-order chi connectivity index (χ1) is 12.0. The molecule has 2 amide bonds. The normalized spacial score (nSPS) is 17.1. The van der Waals surface area contributed by atoms with Gasteiger partial charge in [0.2, 0.25) is 0 Å². The Morgan fingerprint density at radius 3 is 2.32 bits per heavy atom. The van der Waals surface area contributed by atoms with Gasteiger partial charge in [0.25, 0.3) is 11.8 Å². The summed E-state index contributed by atoms with van der Waals surface area (Å²) in [7, 11) is 1.32. The molecule has 2 aromatic carbocycles. The fourth-order valence-corrected chi connectivity index (χ4v) is 3.07. The molecule has 6 nitrogen and oxygen atoms in total. The van der Waals surface area contributed by atoms with Crippen molar-refractivity contribution in [2.75, 3.05) is 23.7 Å². The standard InChI is InChI=1S/C17H15Cl2N3O3/c1-25-20-16(23)15-10-21(13-6-2-4-11(18)8-13)22(17(15)24)14-7-3-5-12(19)9-14/h2-9,15H,10H2,1H3,(H,20,23). The van der Waals surface area contributed by atoms with Gasteiger partial charge in [-0.1, -0.05) is 35.3 Å². The number of carbonyl (C=O) groups excluding carboxylic acids is 2. The van der Waals surface area contributed by atoms with E-state index in [1.165, 1.54) is 12.1 Å². The van der Waals surface area contributed by atoms with Crippen LogP contribution in [0.2, 0.25) is 10.0 Å². The molecule has 1 N–H and O–H groups in total. The number of hydroxylamine groups is 1. The highest BCUT2D eigenvalue weighted by atomic mass is 35.5. The van der Waals surface area contributed by atoms with Gasteiger partial charge in [-0.05, 0) is 36.4 Å². The predicted molar refractivity (Wildman–Crippen MR) is 96.4 cm³/mol. The second kappa shape index (κ2) is 7.31. The number of nitrogens with zero attached hydrogens (tertiary/aromatic N) is 2. The van der Waals surface area contributed by atoms with Crippen molar-refractivity contribution >= 4 is 46.4 Å². The van der Waals surface area contributed by atoms with Crippen LogP contribution >= 0.6 is 23.2 Å². The maximum Gasteiger partial charge on any atom is 0.260 e. The summed E-state index contributed by atoms with van der Waals surface area (Å²) < 4.78 is 0. The van der Waals surface area contributed by atoms with Crippen molar-refractivity contribution in [2.45, 2.75) is 0 Å². The van der Waals surface area contributed by atoms with Crippen LogP contribution in [0.15, 0.2) is 48.5 Å². The molecule has 0 spiro atoms. The Bertz CT molecular complexity index is 815. The molecule has 1 aliphatic heterocycles. The second-order valence-corrected chi connectivity index (χ2v) is 6.29. The van der Waals surface area contributed by atoms with Crippen LogP contribution in [-0.4, -0.2) is 25.5 Å². The van der Waals surface area contributed by atoms with Gasteiger partial charge in [0.1, 0.15) is 5.92 Å². The van der Waals surface area contributed by atoms with Crippen LogP contribution in [-0.2, 0) is 14.4 Å². The number of hydrazine groups is 1. The minimum Gasteiger partial charge on any atom is -0.277 e. The molecule has 1 saturated heterocycles. The molecule has 3 rings (SSSR count). The number of amides is 2. The molecule has 1 heterocycles. The molecule has 1 aliphatic rings. The van der Waals surface area contributed by atoms with Gasteiger partial charge in [-0.3, -0.25) is 19.4 Å². The largest absolute Gasteiger partial charge is 0.277 e. The van der Waals surface area contributed by atoms with Gasteiger partial charge < -0.3 is 0 Å². The van der Waals surface area contributed by atoms with E-state index < -0.39 is 11.8 Å². The maximum atomic E-state index is 12.9. The summed E-state index contributed by atoms with van der Waals surface area (Å²) in [6.45, 7) is 0.154. The van der Waals surface area contributed by atoms with Crippen molar-refractivity contribution in [1.82, 2.24) is 5.48 Å². The Morgan fingerprint density at radius 1 is 1.12 bits per heavy atom. The van der Waals surface area contributed by atoms with Crippen molar-refractivity contribution in [1.29, 1.82) is 0 Å². The fourth-order valence-electron chi connectivity index (χ4n) is 2.70. The van der Waals surface area contributed by atoms with Crippen LogP contribution in [0, 0.1) is 5.92 Å². The predicted octanol–water partition coefficient (Wildman–Crippen LogP) is 3.06. The lowest BCUT2D eigenvalue weighted by molar-refractivity contribution is -0.139. The summed E-state index contributed by atoms with van der Waals surface area (Å²) in [5.74, 6) is -1.81. The van der Waals surface area contributed by atoms with E-state index in [1.807, 2.05) is 6.07 Å². The smallest absolute Gasteiger partial charge is 0.260 e. The molecular formula is C17H15Cl2N3O3. The highest BCUT2D eigenvalue weighted by molar-refractivity contribution is 6.31. The lowest BCUT2D eigenvalue weighted by Crippen LogP contribution is -2.40. The molecule has 1 atom stereocenters. The van der Waals surface area contributed by atoms with Gasteiger partial charge in [0.05, 0.1) is 25.0 Å². The molecule has 0 radical (unpaired) electrons. The molecular weight excluding hydrogens is 365 g/mol. The quantitative estimate of drug-likeness (QED) is 0.654. The van der Waals surface area contributed by atoms with Gasteiger partial charge in [0.15, 0.2) is 0 Å². The minimum atomic E-state index is -0.919. The van der Waals surface area contributed by atoms with E-state index in [2.05, 4.69) is 10.3 Å².